The van der Waals surface area contributed by atoms with E-state index in [1.807, 2.05) is 35.4 Å². The van der Waals surface area contributed by atoms with Crippen molar-refractivity contribution >= 4 is 37.8 Å². The van der Waals surface area contributed by atoms with Crippen LogP contribution in [0.4, 0.5) is 11.6 Å². The normalized spacial score (nSPS) is 15.1. The topological polar surface area (TPSA) is 228 Å². The lowest BCUT2D eigenvalue weighted by Gasteiger charge is -2.27. The molecule has 1 saturated heterocycles. The lowest BCUT2D eigenvalue weighted by molar-refractivity contribution is -0.00384. The number of aryl methyl sites for hydroxylation is 1. The van der Waals surface area contributed by atoms with Crippen LogP contribution < -0.4 is 10.2 Å². The molecule has 3 aromatic rings. The Kier molecular flexibility index (Phi) is 28.0. The molecule has 0 spiro atoms. The van der Waals surface area contributed by atoms with Gasteiger partial charge in [0.25, 0.3) is 0 Å². The average molecular weight is 943 g/mol. The number of anilines is 2. The zero-order chi connectivity index (χ0) is 45.5. The number of aromatic nitrogens is 5. The van der Waals surface area contributed by atoms with Crippen molar-refractivity contribution in [1.82, 2.24) is 25.0 Å². The number of hydrogen-bond donors (Lipinski definition) is 4. The molecule has 1 aromatic carbocycles. The van der Waals surface area contributed by atoms with Crippen molar-refractivity contribution in [1.29, 1.82) is 5.41 Å². The molecular formula is C42H68ClN8O12P. The average Bonchev–Trinajstić information content (AvgIpc) is 3.94. The van der Waals surface area contributed by atoms with Gasteiger partial charge in [-0.05, 0) is 37.8 Å². The van der Waals surface area contributed by atoms with E-state index in [4.69, 9.17) is 79.1 Å². The molecule has 64 heavy (non-hydrogen) atoms. The molecule has 1 aliphatic rings. The van der Waals surface area contributed by atoms with Crippen LogP contribution in [-0.2, 0) is 67.1 Å². The Morgan fingerprint density at radius 1 is 0.844 bits per heavy atom. The largest absolute Gasteiger partial charge is 0.379 e. The molecule has 0 radical (unpaired) electrons. The zero-order valence-electron chi connectivity index (χ0n) is 37.3. The lowest BCUT2D eigenvalue weighted by atomic mass is 10.2. The second kappa shape index (κ2) is 33.4. The summed E-state index contributed by atoms with van der Waals surface area (Å²) in [5.41, 5.74) is 2.13. The summed E-state index contributed by atoms with van der Waals surface area (Å²) in [5, 5.41) is 20.6. The predicted octanol–water partition coefficient (Wildman–Crippen LogP) is 4.35. The number of nitrogens with one attached hydrogen (secondary N) is 2. The molecule has 0 saturated carbocycles. The van der Waals surface area contributed by atoms with E-state index in [0.717, 1.165) is 37.1 Å². The van der Waals surface area contributed by atoms with Gasteiger partial charge in [0.05, 0.1) is 130 Å². The van der Waals surface area contributed by atoms with Gasteiger partial charge in [0, 0.05) is 30.9 Å². The number of rotatable bonds is 39. The minimum absolute atomic E-state index is 0.121. The fourth-order valence-corrected chi connectivity index (χ4v) is 6.65. The maximum atomic E-state index is 9.12. The van der Waals surface area contributed by atoms with Crippen LogP contribution >= 0.6 is 20.0 Å². The second-order valence-corrected chi connectivity index (χ2v) is 15.9. The summed E-state index contributed by atoms with van der Waals surface area (Å²) >= 11 is 6.57. The zero-order valence-corrected chi connectivity index (χ0v) is 38.9. The van der Waals surface area contributed by atoms with E-state index in [9.17, 15) is 0 Å². The molecule has 0 bridgehead atoms. The van der Waals surface area contributed by atoms with Crippen LogP contribution in [0.2, 0.25) is 5.02 Å². The number of unbranched alkanes of at least 4 members (excludes halogenated alkanes) is 1. The van der Waals surface area contributed by atoms with E-state index in [0.29, 0.717) is 153 Å². The number of hydrogen-bond acceptors (Lipinski definition) is 19. The van der Waals surface area contributed by atoms with E-state index >= 15 is 0 Å². The second-order valence-electron chi connectivity index (χ2n) is 14.5. The molecule has 20 nitrogen and oxygen atoms in total. The Bertz CT molecular complexity index is 1690. The lowest BCUT2D eigenvalue weighted by Crippen LogP contribution is -2.31. The third-order valence-corrected chi connectivity index (χ3v) is 10.2. The summed E-state index contributed by atoms with van der Waals surface area (Å²) < 4.78 is 58.2. The number of ether oxygens (including phenoxy) is 10. The SMILES string of the molecule is CCCCOCCOCCOCCOCCn1cc(COCCOCCOCCOCCN(Cc2ccccc2Cl)c2nc(C)nc(NC3CCC(COCP(O)O)O3)c2C=N)nn1. The van der Waals surface area contributed by atoms with Gasteiger partial charge in [-0.2, -0.15) is 0 Å². The van der Waals surface area contributed by atoms with Gasteiger partial charge in [0.15, 0.2) is 8.38 Å². The minimum Gasteiger partial charge on any atom is -0.379 e. The van der Waals surface area contributed by atoms with Gasteiger partial charge in [0.1, 0.15) is 35.7 Å². The quantitative estimate of drug-likeness (QED) is 0.0354. The van der Waals surface area contributed by atoms with E-state index in [1.165, 1.54) is 6.21 Å². The Morgan fingerprint density at radius 3 is 2.11 bits per heavy atom. The fourth-order valence-electron chi connectivity index (χ4n) is 6.19. The highest BCUT2D eigenvalue weighted by atomic mass is 35.5. The fraction of sp³-hybridized carbons (Fsp3) is 0.690. The van der Waals surface area contributed by atoms with E-state index in [2.05, 4.69) is 27.5 Å². The molecule has 2 unspecified atom stereocenters. The first-order chi connectivity index (χ1) is 31.4. The van der Waals surface area contributed by atoms with Gasteiger partial charge in [0.2, 0.25) is 0 Å². The van der Waals surface area contributed by atoms with Crippen molar-refractivity contribution in [2.45, 2.75) is 71.6 Å². The molecule has 4 rings (SSSR count). The summed E-state index contributed by atoms with van der Waals surface area (Å²) in [5.74, 6) is 1.55. The van der Waals surface area contributed by atoms with E-state index < -0.39 is 8.38 Å². The third kappa shape index (κ3) is 22.4. The molecule has 4 N–H and O–H groups in total. The summed E-state index contributed by atoms with van der Waals surface area (Å²) in [6.45, 7) is 13.3. The summed E-state index contributed by atoms with van der Waals surface area (Å²) in [7, 11) is -2.12. The van der Waals surface area contributed by atoms with Gasteiger partial charge >= 0.3 is 0 Å². The van der Waals surface area contributed by atoms with Gasteiger partial charge in [-0.1, -0.05) is 48.4 Å². The Morgan fingerprint density at radius 2 is 1.47 bits per heavy atom. The number of benzene rings is 1. The van der Waals surface area contributed by atoms with Crippen LogP contribution in [0.1, 0.15) is 55.3 Å². The molecule has 0 amide bonds. The Balaban J connectivity index is 1.05. The predicted molar refractivity (Wildman–Crippen MR) is 241 cm³/mol. The van der Waals surface area contributed by atoms with Gasteiger partial charge in [-0.15, -0.1) is 5.10 Å². The van der Waals surface area contributed by atoms with Crippen LogP contribution in [0.25, 0.3) is 0 Å². The molecule has 360 valence electrons. The van der Waals surface area contributed by atoms with Crippen molar-refractivity contribution in [2.24, 2.45) is 0 Å². The van der Waals surface area contributed by atoms with Crippen molar-refractivity contribution in [3.8, 4) is 0 Å². The van der Waals surface area contributed by atoms with Crippen LogP contribution in [-0.4, -0.2) is 172 Å². The highest BCUT2D eigenvalue weighted by Crippen LogP contribution is 2.30. The van der Waals surface area contributed by atoms with Crippen LogP contribution in [0.15, 0.2) is 30.5 Å². The molecule has 3 heterocycles. The third-order valence-electron chi connectivity index (χ3n) is 9.40. The standard InChI is InChI=1S/C42H68ClN8O12P/c1-3-4-13-54-16-19-57-22-23-59-21-18-56-15-12-51-30-36(48-49-51)31-61-27-26-60-25-24-58-20-17-55-14-11-50(29-35-7-5-6-8-39(35)43)42-38(28-44)41(45-34(2)46-42)47-40-10-9-37(63-40)32-62-33-64(52)53/h5-8,28,30,37,40,44,52-53H,3-4,9-27,29,31-33H2,1-2H3,(H,45,46,47). The molecule has 2 aromatic heterocycles. The smallest absolute Gasteiger partial charge is 0.192 e. The summed E-state index contributed by atoms with van der Waals surface area (Å²) in [6, 6.07) is 7.61. The Hall–Kier alpha value is -3.05. The molecule has 2 atom stereocenters. The monoisotopic (exact) mass is 942 g/mol. The minimum atomic E-state index is -2.12. The molecular weight excluding hydrogens is 875 g/mol. The number of halogens is 1. The Labute approximate surface area is 382 Å². The van der Waals surface area contributed by atoms with Crippen molar-refractivity contribution in [3.05, 3.63) is 58.1 Å². The van der Waals surface area contributed by atoms with E-state index in [1.54, 1.807) is 11.6 Å². The highest BCUT2D eigenvalue weighted by molar-refractivity contribution is 7.44. The maximum Gasteiger partial charge on any atom is 0.192 e. The van der Waals surface area contributed by atoms with Crippen molar-refractivity contribution < 1.29 is 57.2 Å². The van der Waals surface area contributed by atoms with Gasteiger partial charge in [-0.25, -0.2) is 14.6 Å². The first kappa shape index (κ1) is 53.6. The molecule has 1 aliphatic heterocycles. The molecule has 22 heteroatoms. The summed E-state index contributed by atoms with van der Waals surface area (Å²) in [6.07, 6.45) is 6.01. The van der Waals surface area contributed by atoms with Crippen molar-refractivity contribution in [2.75, 3.05) is 129 Å². The molecule has 1 fully saturated rings. The van der Waals surface area contributed by atoms with Crippen LogP contribution in [0, 0.1) is 12.3 Å². The van der Waals surface area contributed by atoms with Crippen LogP contribution in [0.3, 0.4) is 0 Å². The van der Waals surface area contributed by atoms with Gasteiger partial charge < -0.3 is 72.8 Å². The first-order valence-electron chi connectivity index (χ1n) is 21.9. The van der Waals surface area contributed by atoms with Crippen molar-refractivity contribution in [3.63, 3.8) is 0 Å². The van der Waals surface area contributed by atoms with Crippen LogP contribution in [0.5, 0.6) is 0 Å². The first-order valence-corrected chi connectivity index (χ1v) is 23.7. The number of nitrogens with zero attached hydrogens (tertiary/aromatic N) is 6. The highest BCUT2D eigenvalue weighted by Gasteiger charge is 2.28. The maximum absolute atomic E-state index is 9.12. The molecule has 0 aliphatic carbocycles. The van der Waals surface area contributed by atoms with Gasteiger partial charge in [-0.3, -0.25) is 0 Å². The van der Waals surface area contributed by atoms with E-state index in [-0.39, 0.29) is 25.3 Å². The summed E-state index contributed by atoms with van der Waals surface area (Å²) in [4.78, 5) is 29.6.